The molecule has 18 heavy (non-hydrogen) atoms. The van der Waals surface area contributed by atoms with Crippen LogP contribution in [0.15, 0.2) is 47.6 Å². The third kappa shape index (κ3) is 3.09. The maximum absolute atomic E-state index is 5.92. The molecule has 0 fully saturated rings. The van der Waals surface area contributed by atoms with Gasteiger partial charge in [0.15, 0.2) is 0 Å². The molecular weight excluding hydrogens is 220 g/mol. The predicted molar refractivity (Wildman–Crippen MR) is 77.1 cm³/mol. The summed E-state index contributed by atoms with van der Waals surface area (Å²) in [6, 6.07) is 8.55. The maximum Gasteiger partial charge on any atom is 0.0869 e. The van der Waals surface area contributed by atoms with E-state index in [0.717, 1.165) is 19.3 Å². The summed E-state index contributed by atoms with van der Waals surface area (Å²) in [4.78, 5) is 0. The van der Waals surface area contributed by atoms with Gasteiger partial charge in [-0.1, -0.05) is 35.9 Å². The monoisotopic (exact) mass is 242 g/mol. The standard InChI is InChI=1S/C16H22N2/c1-12-5-3-4-6-14(12)7-8-15-9-10-16(17,18)11-13(15)2/h3-6,9-10H,7-8,11,17-18H2,1-2H3. The molecule has 1 aromatic rings. The van der Waals surface area contributed by atoms with Crippen LogP contribution >= 0.6 is 0 Å². The Morgan fingerprint density at radius 2 is 1.83 bits per heavy atom. The maximum atomic E-state index is 5.92. The number of aryl methyl sites for hydroxylation is 2. The fourth-order valence-electron chi connectivity index (χ4n) is 2.49. The SMILES string of the molecule is CC1=C(CCc2ccccc2C)C=CC(N)(N)C1. The lowest BCUT2D eigenvalue weighted by atomic mass is 9.88. The van der Waals surface area contributed by atoms with Crippen LogP contribution < -0.4 is 11.5 Å². The largest absolute Gasteiger partial charge is 0.310 e. The lowest BCUT2D eigenvalue weighted by Crippen LogP contribution is -2.48. The van der Waals surface area contributed by atoms with Gasteiger partial charge in [-0.25, -0.2) is 0 Å². The van der Waals surface area contributed by atoms with Crippen molar-refractivity contribution in [3.8, 4) is 0 Å². The molecule has 4 N–H and O–H groups in total. The van der Waals surface area contributed by atoms with Gasteiger partial charge in [0.25, 0.3) is 0 Å². The van der Waals surface area contributed by atoms with Crippen molar-refractivity contribution in [3.05, 3.63) is 58.7 Å². The molecule has 0 radical (unpaired) electrons. The van der Waals surface area contributed by atoms with Crippen molar-refractivity contribution in [2.24, 2.45) is 11.5 Å². The van der Waals surface area contributed by atoms with Crippen molar-refractivity contribution in [1.29, 1.82) is 0 Å². The molecule has 0 amide bonds. The van der Waals surface area contributed by atoms with Gasteiger partial charge < -0.3 is 11.5 Å². The molecule has 0 aliphatic heterocycles. The highest BCUT2D eigenvalue weighted by Gasteiger charge is 2.20. The summed E-state index contributed by atoms with van der Waals surface area (Å²) in [6.45, 7) is 4.29. The number of nitrogens with two attached hydrogens (primary N) is 2. The Kier molecular flexibility index (Phi) is 3.69. The highest BCUT2D eigenvalue weighted by Crippen LogP contribution is 2.25. The Morgan fingerprint density at radius 3 is 2.50 bits per heavy atom. The minimum absolute atomic E-state index is 0.657. The first-order valence-corrected chi connectivity index (χ1v) is 6.48. The van der Waals surface area contributed by atoms with Crippen LogP contribution in [0.3, 0.4) is 0 Å². The molecular formula is C16H22N2. The van der Waals surface area contributed by atoms with Crippen molar-refractivity contribution >= 4 is 0 Å². The second-order valence-electron chi connectivity index (χ2n) is 5.35. The first kappa shape index (κ1) is 13.1. The fourth-order valence-corrected chi connectivity index (χ4v) is 2.49. The van der Waals surface area contributed by atoms with E-state index < -0.39 is 5.66 Å². The van der Waals surface area contributed by atoms with E-state index in [-0.39, 0.29) is 0 Å². The van der Waals surface area contributed by atoms with E-state index >= 15 is 0 Å². The van der Waals surface area contributed by atoms with Crippen molar-refractivity contribution in [1.82, 2.24) is 0 Å². The third-order valence-corrected chi connectivity index (χ3v) is 3.64. The molecule has 0 bridgehead atoms. The van der Waals surface area contributed by atoms with Crippen LogP contribution in [0.25, 0.3) is 0 Å². The van der Waals surface area contributed by atoms with Crippen molar-refractivity contribution in [2.75, 3.05) is 0 Å². The van der Waals surface area contributed by atoms with Gasteiger partial charge in [-0.15, -0.1) is 0 Å². The zero-order valence-corrected chi connectivity index (χ0v) is 11.2. The Hall–Kier alpha value is -1.38. The van der Waals surface area contributed by atoms with E-state index in [1.165, 1.54) is 22.3 Å². The van der Waals surface area contributed by atoms with Crippen LogP contribution in [0.4, 0.5) is 0 Å². The quantitative estimate of drug-likeness (QED) is 0.801. The zero-order valence-electron chi connectivity index (χ0n) is 11.2. The van der Waals surface area contributed by atoms with Crippen LogP contribution in [-0.4, -0.2) is 5.66 Å². The first-order chi connectivity index (χ1) is 8.48. The highest BCUT2D eigenvalue weighted by atomic mass is 14.9. The van der Waals surface area contributed by atoms with Crippen LogP contribution in [0.2, 0.25) is 0 Å². The fraction of sp³-hybridized carbons (Fsp3) is 0.375. The van der Waals surface area contributed by atoms with Crippen LogP contribution in [0.5, 0.6) is 0 Å². The molecule has 0 saturated carbocycles. The molecule has 0 atom stereocenters. The van der Waals surface area contributed by atoms with Crippen molar-refractivity contribution in [2.45, 2.75) is 38.8 Å². The summed E-state index contributed by atoms with van der Waals surface area (Å²) in [7, 11) is 0. The first-order valence-electron chi connectivity index (χ1n) is 6.48. The summed E-state index contributed by atoms with van der Waals surface area (Å²) in [5, 5.41) is 0. The average Bonchev–Trinajstić information content (AvgIpc) is 2.29. The molecule has 2 heteroatoms. The van der Waals surface area contributed by atoms with E-state index in [1.807, 2.05) is 6.08 Å². The number of benzene rings is 1. The second-order valence-corrected chi connectivity index (χ2v) is 5.35. The molecule has 96 valence electrons. The molecule has 2 nitrogen and oxygen atoms in total. The van der Waals surface area contributed by atoms with Gasteiger partial charge in [-0.05, 0) is 49.5 Å². The Morgan fingerprint density at radius 1 is 1.11 bits per heavy atom. The molecule has 0 saturated heterocycles. The number of rotatable bonds is 3. The number of allylic oxidation sites excluding steroid dienone is 2. The lowest BCUT2D eigenvalue weighted by Gasteiger charge is -2.26. The molecule has 0 spiro atoms. The molecule has 0 heterocycles. The Balaban J connectivity index is 2.04. The van der Waals surface area contributed by atoms with E-state index in [0.29, 0.717) is 0 Å². The number of hydrogen-bond acceptors (Lipinski definition) is 2. The van der Waals surface area contributed by atoms with Crippen LogP contribution in [-0.2, 0) is 6.42 Å². The second kappa shape index (κ2) is 5.09. The van der Waals surface area contributed by atoms with Crippen molar-refractivity contribution in [3.63, 3.8) is 0 Å². The average molecular weight is 242 g/mol. The molecule has 0 unspecified atom stereocenters. The topological polar surface area (TPSA) is 52.0 Å². The highest BCUT2D eigenvalue weighted by molar-refractivity contribution is 5.35. The van der Waals surface area contributed by atoms with Gasteiger partial charge >= 0.3 is 0 Å². The van der Waals surface area contributed by atoms with Crippen molar-refractivity contribution < 1.29 is 0 Å². The Bertz CT molecular complexity index is 496. The van der Waals surface area contributed by atoms with E-state index in [4.69, 9.17) is 11.5 Å². The molecule has 1 aliphatic rings. The minimum Gasteiger partial charge on any atom is -0.310 e. The van der Waals surface area contributed by atoms with Crippen LogP contribution in [0, 0.1) is 6.92 Å². The van der Waals surface area contributed by atoms with Gasteiger partial charge in [0.05, 0.1) is 5.66 Å². The Labute approximate surface area is 109 Å². The predicted octanol–water partition coefficient (Wildman–Crippen LogP) is 2.82. The normalized spacial score (nSPS) is 18.2. The molecule has 1 aromatic carbocycles. The summed E-state index contributed by atoms with van der Waals surface area (Å²) in [6.07, 6.45) is 6.91. The van der Waals surface area contributed by atoms with Gasteiger partial charge in [0.2, 0.25) is 0 Å². The minimum atomic E-state index is -0.657. The molecule has 2 rings (SSSR count). The molecule has 1 aliphatic carbocycles. The van der Waals surface area contributed by atoms with Gasteiger partial charge in [0.1, 0.15) is 0 Å². The lowest BCUT2D eigenvalue weighted by molar-refractivity contribution is 0.536. The van der Waals surface area contributed by atoms with Gasteiger partial charge in [-0.3, -0.25) is 0 Å². The van der Waals surface area contributed by atoms with E-state index in [9.17, 15) is 0 Å². The third-order valence-electron chi connectivity index (χ3n) is 3.64. The summed E-state index contributed by atoms with van der Waals surface area (Å²) >= 11 is 0. The van der Waals surface area contributed by atoms with Gasteiger partial charge in [0, 0.05) is 6.42 Å². The number of hydrogen-bond donors (Lipinski definition) is 2. The van der Waals surface area contributed by atoms with Crippen LogP contribution in [0.1, 0.15) is 30.9 Å². The summed E-state index contributed by atoms with van der Waals surface area (Å²) in [5.74, 6) is 0. The van der Waals surface area contributed by atoms with E-state index in [2.05, 4.69) is 44.2 Å². The smallest absolute Gasteiger partial charge is 0.0869 e. The zero-order chi connectivity index (χ0) is 13.2. The van der Waals surface area contributed by atoms with Gasteiger partial charge in [-0.2, -0.15) is 0 Å². The van der Waals surface area contributed by atoms with E-state index in [1.54, 1.807) is 0 Å². The molecule has 0 aromatic heterocycles. The summed E-state index contributed by atoms with van der Waals surface area (Å²) < 4.78 is 0. The summed E-state index contributed by atoms with van der Waals surface area (Å²) in [5.41, 5.74) is 16.7.